The van der Waals surface area contributed by atoms with Gasteiger partial charge in [-0.25, -0.2) is 0 Å². The smallest absolute Gasteiger partial charge is 0.253 e. The molecule has 0 aliphatic heterocycles. The van der Waals surface area contributed by atoms with Crippen LogP contribution in [0.2, 0.25) is 0 Å². The van der Waals surface area contributed by atoms with Crippen molar-refractivity contribution < 1.29 is 14.6 Å². The SMILES string of the molecule is CCOc1ccc(CN(C)C(=O)C(C)(C)O)cc1. The molecule has 1 rings (SSSR count). The zero-order chi connectivity index (χ0) is 13.8. The van der Waals surface area contributed by atoms with Gasteiger partial charge < -0.3 is 14.7 Å². The van der Waals surface area contributed by atoms with Crippen LogP contribution in [0.25, 0.3) is 0 Å². The van der Waals surface area contributed by atoms with Gasteiger partial charge in [0.2, 0.25) is 0 Å². The van der Waals surface area contributed by atoms with Gasteiger partial charge in [0.05, 0.1) is 6.61 Å². The van der Waals surface area contributed by atoms with Crippen molar-refractivity contribution >= 4 is 5.91 Å². The van der Waals surface area contributed by atoms with Crippen LogP contribution in [0.1, 0.15) is 26.3 Å². The third-order valence-electron chi connectivity index (χ3n) is 2.52. The first kappa shape index (κ1) is 14.5. The molecular weight excluding hydrogens is 230 g/mol. The van der Waals surface area contributed by atoms with Gasteiger partial charge in [-0.2, -0.15) is 0 Å². The van der Waals surface area contributed by atoms with Gasteiger partial charge in [0.15, 0.2) is 0 Å². The fraction of sp³-hybridized carbons (Fsp3) is 0.500. The Labute approximate surface area is 108 Å². The van der Waals surface area contributed by atoms with Crippen LogP contribution in [-0.4, -0.2) is 35.2 Å². The van der Waals surface area contributed by atoms with E-state index in [1.807, 2.05) is 31.2 Å². The molecule has 1 amide bonds. The quantitative estimate of drug-likeness (QED) is 0.868. The summed E-state index contributed by atoms with van der Waals surface area (Å²) in [7, 11) is 1.68. The third-order valence-corrected chi connectivity index (χ3v) is 2.52. The molecule has 0 saturated heterocycles. The molecule has 1 aromatic rings. The lowest BCUT2D eigenvalue weighted by Crippen LogP contribution is -2.42. The number of likely N-dealkylation sites (N-methyl/N-ethyl adjacent to an activating group) is 1. The van der Waals surface area contributed by atoms with E-state index in [4.69, 9.17) is 4.74 Å². The summed E-state index contributed by atoms with van der Waals surface area (Å²) < 4.78 is 5.35. The fourth-order valence-corrected chi connectivity index (χ4v) is 1.67. The highest BCUT2D eigenvalue weighted by atomic mass is 16.5. The normalized spacial score (nSPS) is 11.2. The summed E-state index contributed by atoms with van der Waals surface area (Å²) in [5.74, 6) is 0.522. The molecular formula is C14H21NO3. The molecule has 0 aliphatic rings. The molecule has 1 N–H and O–H groups in total. The van der Waals surface area contributed by atoms with Gasteiger partial charge in [0.25, 0.3) is 5.91 Å². The van der Waals surface area contributed by atoms with E-state index in [1.54, 1.807) is 7.05 Å². The topological polar surface area (TPSA) is 49.8 Å². The predicted molar refractivity (Wildman–Crippen MR) is 70.4 cm³/mol. The Hall–Kier alpha value is -1.55. The van der Waals surface area contributed by atoms with Crippen molar-refractivity contribution in [3.05, 3.63) is 29.8 Å². The largest absolute Gasteiger partial charge is 0.494 e. The molecule has 0 aliphatic carbocycles. The Kier molecular flexibility index (Phi) is 4.73. The van der Waals surface area contributed by atoms with Crippen molar-refractivity contribution in [2.24, 2.45) is 0 Å². The highest BCUT2D eigenvalue weighted by Crippen LogP contribution is 2.14. The molecule has 4 heteroatoms. The van der Waals surface area contributed by atoms with E-state index < -0.39 is 5.60 Å². The Balaban J connectivity index is 2.65. The molecule has 100 valence electrons. The van der Waals surface area contributed by atoms with Crippen molar-refractivity contribution in [3.8, 4) is 5.75 Å². The molecule has 0 atom stereocenters. The first-order valence-electron chi connectivity index (χ1n) is 6.04. The van der Waals surface area contributed by atoms with E-state index in [2.05, 4.69) is 0 Å². The van der Waals surface area contributed by atoms with E-state index in [1.165, 1.54) is 18.7 Å². The van der Waals surface area contributed by atoms with Crippen LogP contribution in [0.5, 0.6) is 5.75 Å². The van der Waals surface area contributed by atoms with Crippen molar-refractivity contribution in [2.75, 3.05) is 13.7 Å². The summed E-state index contributed by atoms with van der Waals surface area (Å²) in [4.78, 5) is 13.3. The second-order valence-electron chi connectivity index (χ2n) is 4.80. The third kappa shape index (κ3) is 4.04. The maximum atomic E-state index is 11.8. The van der Waals surface area contributed by atoms with Crippen LogP contribution >= 0.6 is 0 Å². The van der Waals surface area contributed by atoms with Gasteiger partial charge in [-0.3, -0.25) is 4.79 Å². The summed E-state index contributed by atoms with van der Waals surface area (Å²) in [6, 6.07) is 7.58. The molecule has 18 heavy (non-hydrogen) atoms. The number of hydrogen-bond acceptors (Lipinski definition) is 3. The van der Waals surface area contributed by atoms with Crippen LogP contribution < -0.4 is 4.74 Å². The van der Waals surface area contributed by atoms with Crippen LogP contribution in [0.3, 0.4) is 0 Å². The van der Waals surface area contributed by atoms with Crippen molar-refractivity contribution in [2.45, 2.75) is 32.9 Å². The summed E-state index contributed by atoms with van der Waals surface area (Å²) >= 11 is 0. The number of rotatable bonds is 5. The maximum absolute atomic E-state index is 11.8. The molecule has 0 bridgehead atoms. The number of ether oxygens (including phenoxy) is 1. The minimum Gasteiger partial charge on any atom is -0.494 e. The minimum absolute atomic E-state index is 0.295. The van der Waals surface area contributed by atoms with E-state index in [0.29, 0.717) is 13.2 Å². The number of amides is 1. The molecule has 0 fully saturated rings. The number of carbonyl (C=O) groups is 1. The fourth-order valence-electron chi connectivity index (χ4n) is 1.67. The second-order valence-corrected chi connectivity index (χ2v) is 4.80. The Morgan fingerprint density at radius 2 is 1.89 bits per heavy atom. The zero-order valence-corrected chi connectivity index (χ0v) is 11.4. The first-order chi connectivity index (χ1) is 8.34. The van der Waals surface area contributed by atoms with Gasteiger partial charge in [-0.1, -0.05) is 12.1 Å². The molecule has 1 aromatic carbocycles. The highest BCUT2D eigenvalue weighted by molar-refractivity contribution is 5.83. The number of benzene rings is 1. The molecule has 0 spiro atoms. The predicted octanol–water partition coefficient (Wildman–Crippen LogP) is 1.81. The van der Waals surface area contributed by atoms with E-state index >= 15 is 0 Å². The standard InChI is InChI=1S/C14H21NO3/c1-5-18-12-8-6-11(7-9-12)10-15(4)13(16)14(2,3)17/h6-9,17H,5,10H2,1-4H3. The number of aliphatic hydroxyl groups is 1. The molecule has 0 radical (unpaired) electrons. The van der Waals surface area contributed by atoms with Crippen LogP contribution in [0, 0.1) is 0 Å². The summed E-state index contributed by atoms with van der Waals surface area (Å²) in [6.45, 7) is 6.02. The number of nitrogens with zero attached hydrogens (tertiary/aromatic N) is 1. The number of carbonyl (C=O) groups excluding carboxylic acids is 1. The Bertz CT molecular complexity index is 392. The van der Waals surface area contributed by atoms with Crippen molar-refractivity contribution in [1.29, 1.82) is 0 Å². The molecule has 0 heterocycles. The first-order valence-corrected chi connectivity index (χ1v) is 6.04. The monoisotopic (exact) mass is 251 g/mol. The van der Waals surface area contributed by atoms with E-state index in [0.717, 1.165) is 11.3 Å². The summed E-state index contributed by atoms with van der Waals surface area (Å²) in [5.41, 5.74) is -0.335. The highest BCUT2D eigenvalue weighted by Gasteiger charge is 2.27. The van der Waals surface area contributed by atoms with Gasteiger partial charge in [0, 0.05) is 13.6 Å². The lowest BCUT2D eigenvalue weighted by atomic mass is 10.1. The summed E-state index contributed by atoms with van der Waals surface area (Å²) in [6.07, 6.45) is 0. The number of hydrogen-bond donors (Lipinski definition) is 1. The zero-order valence-electron chi connectivity index (χ0n) is 11.4. The van der Waals surface area contributed by atoms with Crippen LogP contribution in [0.4, 0.5) is 0 Å². The average molecular weight is 251 g/mol. The van der Waals surface area contributed by atoms with Gasteiger partial charge >= 0.3 is 0 Å². The van der Waals surface area contributed by atoms with Crippen molar-refractivity contribution in [3.63, 3.8) is 0 Å². The van der Waals surface area contributed by atoms with Crippen LogP contribution in [-0.2, 0) is 11.3 Å². The lowest BCUT2D eigenvalue weighted by Gasteiger charge is -2.25. The molecule has 0 unspecified atom stereocenters. The maximum Gasteiger partial charge on any atom is 0.253 e. The lowest BCUT2D eigenvalue weighted by molar-refractivity contribution is -0.146. The van der Waals surface area contributed by atoms with Crippen molar-refractivity contribution in [1.82, 2.24) is 4.90 Å². The van der Waals surface area contributed by atoms with Gasteiger partial charge in [-0.15, -0.1) is 0 Å². The van der Waals surface area contributed by atoms with Gasteiger partial charge in [0.1, 0.15) is 11.4 Å². The minimum atomic E-state index is -1.33. The van der Waals surface area contributed by atoms with Crippen LogP contribution in [0.15, 0.2) is 24.3 Å². The summed E-state index contributed by atoms with van der Waals surface area (Å²) in [5, 5.41) is 9.64. The molecule has 0 aromatic heterocycles. The second kappa shape index (κ2) is 5.87. The van der Waals surface area contributed by atoms with E-state index in [-0.39, 0.29) is 5.91 Å². The molecule has 0 saturated carbocycles. The Morgan fingerprint density at radius 1 is 1.33 bits per heavy atom. The Morgan fingerprint density at radius 3 is 2.33 bits per heavy atom. The molecule has 4 nitrogen and oxygen atoms in total. The average Bonchev–Trinajstić information content (AvgIpc) is 2.30. The van der Waals surface area contributed by atoms with Gasteiger partial charge in [-0.05, 0) is 38.5 Å². The van der Waals surface area contributed by atoms with E-state index in [9.17, 15) is 9.90 Å².